The molecule has 8 heteroatoms. The summed E-state index contributed by atoms with van der Waals surface area (Å²) >= 11 is 1.74. The first-order chi connectivity index (χ1) is 17.0. The van der Waals surface area contributed by atoms with Crippen LogP contribution in [0.2, 0.25) is 0 Å². The molecule has 5 rings (SSSR count). The third-order valence-corrected chi connectivity index (χ3v) is 8.10. The molecular weight excluding hydrogens is 456 g/mol. The smallest absolute Gasteiger partial charge is 0.138 e. The number of ether oxygens (including phenoxy) is 1. The fraction of sp³-hybridized carbons (Fsp3) is 0.556. The summed E-state index contributed by atoms with van der Waals surface area (Å²) < 4.78 is 6.00. The van der Waals surface area contributed by atoms with Crippen LogP contribution in [0.4, 0.5) is 5.82 Å². The monoisotopic (exact) mass is 494 g/mol. The van der Waals surface area contributed by atoms with Crippen LogP contribution in [-0.2, 0) is 6.54 Å². The Bertz CT molecular complexity index is 1100. The maximum atomic E-state index is 6.00. The first kappa shape index (κ1) is 24.4. The molecule has 35 heavy (non-hydrogen) atoms. The molecule has 0 bridgehead atoms. The number of aromatic nitrogens is 2. The summed E-state index contributed by atoms with van der Waals surface area (Å²) in [6, 6.07) is 11.3. The number of fused-ring (bicyclic) bond motifs is 1. The normalized spacial score (nSPS) is 18.8. The standard InChI is InChI=1S/C27H38N6OS/c1-20-18-25-26(28-21(2)29-27(25)35-20)30-23-8-10-33(11-9-23)19-22-4-6-24(7-5-22)34-17-16-32-14-12-31(3)13-15-32/h4-7,18,23H,8-17,19H2,1-3H3,(H,28,29,30). The lowest BCUT2D eigenvalue weighted by molar-refractivity contribution is 0.133. The van der Waals surface area contributed by atoms with E-state index in [9.17, 15) is 0 Å². The van der Waals surface area contributed by atoms with Crippen molar-refractivity contribution in [3.05, 3.63) is 46.6 Å². The first-order valence-electron chi connectivity index (χ1n) is 12.9. The number of nitrogens with zero attached hydrogens (tertiary/aromatic N) is 5. The maximum absolute atomic E-state index is 6.00. The second kappa shape index (κ2) is 11.2. The lowest BCUT2D eigenvalue weighted by Crippen LogP contribution is -2.45. The lowest BCUT2D eigenvalue weighted by Gasteiger charge is -2.32. The third-order valence-electron chi connectivity index (χ3n) is 7.16. The Morgan fingerprint density at radius 3 is 2.46 bits per heavy atom. The molecule has 0 unspecified atom stereocenters. The van der Waals surface area contributed by atoms with E-state index in [-0.39, 0.29) is 0 Å². The van der Waals surface area contributed by atoms with Gasteiger partial charge in [-0.25, -0.2) is 9.97 Å². The Kier molecular flexibility index (Phi) is 7.82. The van der Waals surface area contributed by atoms with Crippen LogP contribution in [0.3, 0.4) is 0 Å². The van der Waals surface area contributed by atoms with Crippen LogP contribution in [0.15, 0.2) is 30.3 Å². The average molecular weight is 495 g/mol. The Balaban J connectivity index is 1.06. The topological polar surface area (TPSA) is 56.8 Å². The van der Waals surface area contributed by atoms with E-state index in [0.29, 0.717) is 6.04 Å². The Morgan fingerprint density at radius 2 is 1.71 bits per heavy atom. The Morgan fingerprint density at radius 1 is 0.971 bits per heavy atom. The lowest BCUT2D eigenvalue weighted by atomic mass is 10.0. The number of piperidine rings is 1. The predicted molar refractivity (Wildman–Crippen MR) is 145 cm³/mol. The van der Waals surface area contributed by atoms with Crippen molar-refractivity contribution < 1.29 is 4.74 Å². The zero-order valence-electron chi connectivity index (χ0n) is 21.3. The van der Waals surface area contributed by atoms with Crippen molar-refractivity contribution in [2.75, 3.05) is 64.8 Å². The van der Waals surface area contributed by atoms with Gasteiger partial charge in [-0.2, -0.15) is 0 Å². The van der Waals surface area contributed by atoms with Gasteiger partial charge in [0.25, 0.3) is 0 Å². The van der Waals surface area contributed by atoms with Gasteiger partial charge >= 0.3 is 0 Å². The molecule has 2 aliphatic heterocycles. The molecule has 0 aliphatic carbocycles. The van der Waals surface area contributed by atoms with Crippen molar-refractivity contribution in [2.45, 2.75) is 39.3 Å². The highest BCUT2D eigenvalue weighted by molar-refractivity contribution is 7.18. The van der Waals surface area contributed by atoms with E-state index in [0.717, 1.165) is 99.4 Å². The van der Waals surface area contributed by atoms with Crippen LogP contribution < -0.4 is 10.1 Å². The summed E-state index contributed by atoms with van der Waals surface area (Å²) in [5.74, 6) is 2.81. The van der Waals surface area contributed by atoms with Crippen LogP contribution in [-0.4, -0.2) is 90.2 Å². The van der Waals surface area contributed by atoms with Gasteiger partial charge in [-0.1, -0.05) is 12.1 Å². The van der Waals surface area contributed by atoms with Gasteiger partial charge in [-0.05, 0) is 57.5 Å². The van der Waals surface area contributed by atoms with Gasteiger partial charge in [0, 0.05) is 63.3 Å². The molecule has 1 N–H and O–H groups in total. The van der Waals surface area contributed by atoms with Crippen LogP contribution in [0, 0.1) is 13.8 Å². The van der Waals surface area contributed by atoms with Gasteiger partial charge in [-0.3, -0.25) is 9.80 Å². The molecule has 2 aromatic heterocycles. The number of rotatable bonds is 8. The minimum absolute atomic E-state index is 0.458. The number of nitrogens with one attached hydrogen (secondary N) is 1. The molecule has 188 valence electrons. The highest BCUT2D eigenvalue weighted by Crippen LogP contribution is 2.30. The number of thiophene rings is 1. The summed E-state index contributed by atoms with van der Waals surface area (Å²) in [5, 5.41) is 4.88. The molecule has 4 heterocycles. The molecule has 0 saturated carbocycles. The number of benzene rings is 1. The fourth-order valence-electron chi connectivity index (χ4n) is 5.00. The number of aryl methyl sites for hydroxylation is 2. The molecule has 0 amide bonds. The SMILES string of the molecule is Cc1nc(NC2CCN(Cc3ccc(OCCN4CCN(C)CC4)cc3)CC2)c2cc(C)sc2n1. The number of likely N-dealkylation sites (N-methyl/N-ethyl adjacent to an activating group) is 1. The van der Waals surface area contributed by atoms with Gasteiger partial charge in [0.15, 0.2) is 0 Å². The van der Waals surface area contributed by atoms with Crippen molar-refractivity contribution in [3.8, 4) is 5.75 Å². The minimum Gasteiger partial charge on any atom is -0.492 e. The van der Waals surface area contributed by atoms with Crippen molar-refractivity contribution in [2.24, 2.45) is 0 Å². The Labute approximate surface area is 213 Å². The van der Waals surface area contributed by atoms with E-state index in [2.05, 4.69) is 69.3 Å². The number of likely N-dealkylation sites (tertiary alicyclic amines) is 1. The zero-order chi connectivity index (χ0) is 24.2. The maximum Gasteiger partial charge on any atom is 0.138 e. The van der Waals surface area contributed by atoms with Crippen molar-refractivity contribution in [1.82, 2.24) is 24.7 Å². The fourth-order valence-corrected chi connectivity index (χ4v) is 5.93. The molecule has 7 nitrogen and oxygen atoms in total. The average Bonchev–Trinajstić information content (AvgIpc) is 3.23. The quantitative estimate of drug-likeness (QED) is 0.508. The van der Waals surface area contributed by atoms with Crippen LogP contribution >= 0.6 is 11.3 Å². The van der Waals surface area contributed by atoms with Crippen molar-refractivity contribution >= 4 is 27.4 Å². The molecule has 1 aromatic carbocycles. The number of hydrogen-bond acceptors (Lipinski definition) is 8. The molecule has 0 radical (unpaired) electrons. The van der Waals surface area contributed by atoms with Crippen LogP contribution in [0.1, 0.15) is 29.1 Å². The molecule has 2 fully saturated rings. The van der Waals surface area contributed by atoms with E-state index in [1.807, 2.05) is 6.92 Å². The zero-order valence-corrected chi connectivity index (χ0v) is 22.1. The molecule has 0 atom stereocenters. The summed E-state index contributed by atoms with van der Waals surface area (Å²) in [4.78, 5) is 19.1. The van der Waals surface area contributed by atoms with E-state index in [1.54, 1.807) is 11.3 Å². The van der Waals surface area contributed by atoms with Gasteiger partial charge in [0.05, 0.1) is 5.39 Å². The molecule has 0 spiro atoms. The summed E-state index contributed by atoms with van der Waals surface area (Å²) in [6.07, 6.45) is 2.25. The van der Waals surface area contributed by atoms with Crippen LogP contribution in [0.5, 0.6) is 5.75 Å². The first-order valence-corrected chi connectivity index (χ1v) is 13.7. The second-order valence-corrected chi connectivity index (χ2v) is 11.3. The summed E-state index contributed by atoms with van der Waals surface area (Å²) in [5.41, 5.74) is 1.35. The van der Waals surface area contributed by atoms with E-state index >= 15 is 0 Å². The molecule has 3 aromatic rings. The Hall–Kier alpha value is -2.26. The number of anilines is 1. The van der Waals surface area contributed by atoms with Crippen molar-refractivity contribution in [3.63, 3.8) is 0 Å². The van der Waals surface area contributed by atoms with E-state index in [4.69, 9.17) is 9.72 Å². The van der Waals surface area contributed by atoms with E-state index in [1.165, 1.54) is 10.4 Å². The summed E-state index contributed by atoms with van der Waals surface area (Å²) in [7, 11) is 2.19. The number of piperazine rings is 1. The largest absolute Gasteiger partial charge is 0.492 e. The molecule has 2 saturated heterocycles. The van der Waals surface area contributed by atoms with Crippen molar-refractivity contribution in [1.29, 1.82) is 0 Å². The van der Waals surface area contributed by atoms with Crippen LogP contribution in [0.25, 0.3) is 10.2 Å². The number of hydrogen-bond donors (Lipinski definition) is 1. The van der Waals surface area contributed by atoms with Gasteiger partial charge in [-0.15, -0.1) is 11.3 Å². The molecular formula is C27H38N6OS. The third kappa shape index (κ3) is 6.50. The van der Waals surface area contributed by atoms with E-state index < -0.39 is 0 Å². The highest BCUT2D eigenvalue weighted by atomic mass is 32.1. The van der Waals surface area contributed by atoms with Gasteiger partial charge in [0.2, 0.25) is 0 Å². The minimum atomic E-state index is 0.458. The molecule has 2 aliphatic rings. The predicted octanol–water partition coefficient (Wildman–Crippen LogP) is 4.01. The second-order valence-electron chi connectivity index (χ2n) is 10.0. The van der Waals surface area contributed by atoms with Gasteiger partial charge in [0.1, 0.15) is 28.8 Å². The summed E-state index contributed by atoms with van der Waals surface area (Å²) in [6.45, 7) is 13.6. The van der Waals surface area contributed by atoms with Gasteiger partial charge < -0.3 is 15.0 Å². The highest BCUT2D eigenvalue weighted by Gasteiger charge is 2.21.